The SMILES string of the molecule is Clc1ccccc1C1=Cc2ccccc2C2=NCCN12. The topological polar surface area (TPSA) is 15.6 Å². The van der Waals surface area contributed by atoms with Crippen molar-refractivity contribution in [3.63, 3.8) is 0 Å². The van der Waals surface area contributed by atoms with Gasteiger partial charge in [-0.3, -0.25) is 4.99 Å². The number of nitrogens with zero attached hydrogens (tertiary/aromatic N) is 2. The maximum atomic E-state index is 6.37. The highest BCUT2D eigenvalue weighted by Gasteiger charge is 2.28. The lowest BCUT2D eigenvalue weighted by Crippen LogP contribution is -2.30. The minimum atomic E-state index is 0.782. The van der Waals surface area contributed by atoms with Gasteiger partial charge in [-0.15, -0.1) is 0 Å². The van der Waals surface area contributed by atoms with Crippen LogP contribution in [0.1, 0.15) is 16.7 Å². The molecule has 4 rings (SSSR count). The Balaban J connectivity index is 1.95. The van der Waals surface area contributed by atoms with Gasteiger partial charge in [0.15, 0.2) is 0 Å². The Labute approximate surface area is 123 Å². The highest BCUT2D eigenvalue weighted by molar-refractivity contribution is 6.32. The van der Waals surface area contributed by atoms with Crippen molar-refractivity contribution < 1.29 is 0 Å². The Morgan fingerprint density at radius 3 is 2.55 bits per heavy atom. The summed E-state index contributed by atoms with van der Waals surface area (Å²) in [4.78, 5) is 6.93. The minimum Gasteiger partial charge on any atom is -0.324 e. The Morgan fingerprint density at radius 1 is 0.950 bits per heavy atom. The van der Waals surface area contributed by atoms with Gasteiger partial charge in [0.1, 0.15) is 5.84 Å². The van der Waals surface area contributed by atoms with E-state index in [0.717, 1.165) is 35.2 Å². The predicted molar refractivity (Wildman–Crippen MR) is 83.9 cm³/mol. The molecule has 2 heterocycles. The quantitative estimate of drug-likeness (QED) is 0.773. The van der Waals surface area contributed by atoms with Crippen LogP contribution >= 0.6 is 11.6 Å². The smallest absolute Gasteiger partial charge is 0.136 e. The summed E-state index contributed by atoms with van der Waals surface area (Å²) in [6.45, 7) is 1.76. The molecule has 0 spiro atoms. The van der Waals surface area contributed by atoms with Crippen LogP contribution in [0.2, 0.25) is 5.02 Å². The molecule has 3 heteroatoms. The summed E-state index contributed by atoms with van der Waals surface area (Å²) in [5.41, 5.74) is 4.63. The fourth-order valence-corrected chi connectivity index (χ4v) is 3.09. The predicted octanol–water partition coefficient (Wildman–Crippen LogP) is 3.91. The lowest BCUT2D eigenvalue weighted by atomic mass is 9.97. The van der Waals surface area contributed by atoms with E-state index in [-0.39, 0.29) is 0 Å². The highest BCUT2D eigenvalue weighted by atomic mass is 35.5. The zero-order valence-electron chi connectivity index (χ0n) is 10.9. The van der Waals surface area contributed by atoms with E-state index < -0.39 is 0 Å². The van der Waals surface area contributed by atoms with E-state index in [1.807, 2.05) is 18.2 Å². The molecule has 0 amide bonds. The van der Waals surface area contributed by atoms with Crippen molar-refractivity contribution in [2.75, 3.05) is 13.1 Å². The van der Waals surface area contributed by atoms with Crippen LogP contribution in [0.4, 0.5) is 0 Å². The Hall–Kier alpha value is -2.06. The zero-order chi connectivity index (χ0) is 13.5. The highest BCUT2D eigenvalue weighted by Crippen LogP contribution is 2.35. The fraction of sp³-hybridized carbons (Fsp3) is 0.118. The third-order valence-corrected chi connectivity index (χ3v) is 4.10. The maximum Gasteiger partial charge on any atom is 0.136 e. The molecule has 0 aromatic heterocycles. The van der Waals surface area contributed by atoms with Crippen molar-refractivity contribution in [1.82, 2.24) is 4.90 Å². The second-order valence-electron chi connectivity index (χ2n) is 4.95. The van der Waals surface area contributed by atoms with Gasteiger partial charge in [0.2, 0.25) is 0 Å². The van der Waals surface area contributed by atoms with E-state index in [1.54, 1.807) is 0 Å². The van der Waals surface area contributed by atoms with Crippen molar-refractivity contribution in [3.05, 3.63) is 70.2 Å². The molecule has 0 saturated carbocycles. The van der Waals surface area contributed by atoms with Crippen LogP contribution in [0.15, 0.2) is 53.5 Å². The number of rotatable bonds is 1. The van der Waals surface area contributed by atoms with Crippen molar-refractivity contribution in [2.45, 2.75) is 0 Å². The van der Waals surface area contributed by atoms with Crippen molar-refractivity contribution in [1.29, 1.82) is 0 Å². The molecule has 0 bridgehead atoms. The van der Waals surface area contributed by atoms with Crippen LogP contribution in [0.25, 0.3) is 11.8 Å². The third-order valence-electron chi connectivity index (χ3n) is 3.78. The summed E-state index contributed by atoms with van der Waals surface area (Å²) in [7, 11) is 0. The van der Waals surface area contributed by atoms with Gasteiger partial charge >= 0.3 is 0 Å². The van der Waals surface area contributed by atoms with Gasteiger partial charge in [-0.05, 0) is 17.7 Å². The van der Waals surface area contributed by atoms with Gasteiger partial charge in [0.05, 0.1) is 12.2 Å². The van der Waals surface area contributed by atoms with Crippen molar-refractivity contribution in [2.24, 2.45) is 4.99 Å². The summed E-state index contributed by atoms with van der Waals surface area (Å²) < 4.78 is 0. The molecule has 0 saturated heterocycles. The molecular weight excluding hydrogens is 268 g/mol. The van der Waals surface area contributed by atoms with E-state index in [1.165, 1.54) is 11.1 Å². The molecule has 0 fully saturated rings. The van der Waals surface area contributed by atoms with Crippen molar-refractivity contribution >= 4 is 29.2 Å². The van der Waals surface area contributed by atoms with Gasteiger partial charge in [-0.25, -0.2) is 0 Å². The van der Waals surface area contributed by atoms with Crippen LogP contribution in [0.3, 0.4) is 0 Å². The van der Waals surface area contributed by atoms with Crippen LogP contribution in [0.5, 0.6) is 0 Å². The molecule has 0 aliphatic carbocycles. The second kappa shape index (κ2) is 4.50. The third kappa shape index (κ3) is 1.69. The number of benzene rings is 2. The molecule has 0 atom stereocenters. The Kier molecular flexibility index (Phi) is 2.64. The monoisotopic (exact) mass is 280 g/mol. The average Bonchev–Trinajstić information content (AvgIpc) is 2.97. The van der Waals surface area contributed by atoms with Crippen molar-refractivity contribution in [3.8, 4) is 0 Å². The molecule has 98 valence electrons. The van der Waals surface area contributed by atoms with Crippen LogP contribution in [0, 0.1) is 0 Å². The Morgan fingerprint density at radius 2 is 1.70 bits per heavy atom. The van der Waals surface area contributed by atoms with E-state index in [2.05, 4.69) is 46.3 Å². The van der Waals surface area contributed by atoms with E-state index in [0.29, 0.717) is 0 Å². The van der Waals surface area contributed by atoms with Gasteiger partial charge in [-0.1, -0.05) is 54.1 Å². The summed E-state index contributed by atoms with van der Waals surface area (Å²) >= 11 is 6.37. The summed E-state index contributed by atoms with van der Waals surface area (Å²) in [5, 5.41) is 0.782. The standard InChI is InChI=1S/C17H13ClN2/c18-15-8-4-3-7-14(15)16-11-12-5-1-2-6-13(12)17-19-9-10-20(16)17/h1-8,11H,9-10H2. The molecule has 2 aromatic carbocycles. The number of aliphatic imine (C=N–C) groups is 1. The largest absolute Gasteiger partial charge is 0.324 e. The molecule has 2 aliphatic heterocycles. The van der Waals surface area contributed by atoms with E-state index in [9.17, 15) is 0 Å². The van der Waals surface area contributed by atoms with Crippen LogP contribution < -0.4 is 0 Å². The molecule has 0 N–H and O–H groups in total. The molecule has 2 nitrogen and oxygen atoms in total. The summed E-state index contributed by atoms with van der Waals surface area (Å²) in [5.74, 6) is 1.07. The summed E-state index contributed by atoms with van der Waals surface area (Å²) in [6, 6.07) is 16.4. The molecular formula is C17H13ClN2. The first-order chi connectivity index (χ1) is 9.84. The average molecular weight is 281 g/mol. The minimum absolute atomic E-state index is 0.782. The fourth-order valence-electron chi connectivity index (χ4n) is 2.86. The number of amidine groups is 1. The number of hydrogen-bond acceptors (Lipinski definition) is 2. The number of halogens is 1. The van der Waals surface area contributed by atoms with Gasteiger partial charge in [0.25, 0.3) is 0 Å². The molecule has 2 aliphatic rings. The second-order valence-corrected chi connectivity index (χ2v) is 5.36. The molecule has 0 radical (unpaired) electrons. The van der Waals surface area contributed by atoms with Gasteiger partial charge < -0.3 is 4.90 Å². The molecule has 2 aromatic rings. The summed E-state index contributed by atoms with van der Waals surface area (Å²) in [6.07, 6.45) is 2.21. The first kappa shape index (κ1) is 11.7. The van der Waals surface area contributed by atoms with Crippen LogP contribution in [-0.2, 0) is 0 Å². The van der Waals surface area contributed by atoms with Gasteiger partial charge in [-0.2, -0.15) is 0 Å². The van der Waals surface area contributed by atoms with E-state index >= 15 is 0 Å². The molecule has 0 unspecified atom stereocenters. The van der Waals surface area contributed by atoms with E-state index in [4.69, 9.17) is 11.6 Å². The lowest BCUT2D eigenvalue weighted by Gasteiger charge is -2.29. The van der Waals surface area contributed by atoms with Gasteiger partial charge in [0, 0.05) is 22.7 Å². The zero-order valence-corrected chi connectivity index (χ0v) is 11.6. The maximum absolute atomic E-state index is 6.37. The first-order valence-corrected chi connectivity index (χ1v) is 7.10. The van der Waals surface area contributed by atoms with Crippen LogP contribution in [-0.4, -0.2) is 23.8 Å². The number of fused-ring (bicyclic) bond motifs is 3. The normalized spacial score (nSPS) is 16.4. The Bertz CT molecular complexity index is 746. The number of hydrogen-bond donors (Lipinski definition) is 0. The first-order valence-electron chi connectivity index (χ1n) is 6.72. The lowest BCUT2D eigenvalue weighted by molar-refractivity contribution is 0.638. The molecule has 20 heavy (non-hydrogen) atoms.